The van der Waals surface area contributed by atoms with E-state index < -0.39 is 24.9 Å². The molecule has 0 fully saturated rings. The molecule has 6 heteroatoms. The Morgan fingerprint density at radius 1 is 1.25 bits per heavy atom. The molecule has 0 aliphatic heterocycles. The lowest BCUT2D eigenvalue weighted by atomic mass is 10.1. The highest BCUT2D eigenvalue weighted by Crippen LogP contribution is 2.15. The number of hydrogen-bond acceptors (Lipinski definition) is 4. The van der Waals surface area contributed by atoms with Crippen LogP contribution in [0.4, 0.5) is 0 Å². The molecule has 0 saturated heterocycles. The molecule has 4 N–H and O–H groups in total. The fraction of sp³-hybridized carbons (Fsp3) is 0.667. The quantitative estimate of drug-likeness (QED) is 0.574. The highest BCUT2D eigenvalue weighted by molar-refractivity contribution is 9.28. The van der Waals surface area contributed by atoms with Crippen molar-refractivity contribution in [3.05, 3.63) is 9.47 Å². The summed E-state index contributed by atoms with van der Waals surface area (Å²) in [5.41, 5.74) is 0. The Morgan fingerprint density at radius 3 is 2.08 bits per heavy atom. The average molecular weight is 306 g/mol. The lowest BCUT2D eigenvalue weighted by Gasteiger charge is -2.18. The highest BCUT2D eigenvalue weighted by atomic mass is 79.9. The number of aliphatic hydroxyl groups is 4. The maximum atomic E-state index is 9.13. The fourth-order valence-electron chi connectivity index (χ4n) is 0.563. The second-order valence-corrected chi connectivity index (χ2v) is 4.96. The molecule has 0 aromatic rings. The van der Waals surface area contributed by atoms with Gasteiger partial charge >= 0.3 is 0 Å². The van der Waals surface area contributed by atoms with Gasteiger partial charge in [-0.25, -0.2) is 0 Å². The van der Waals surface area contributed by atoms with Crippen LogP contribution < -0.4 is 0 Å². The zero-order chi connectivity index (χ0) is 9.72. The van der Waals surface area contributed by atoms with Crippen LogP contribution in [-0.4, -0.2) is 45.3 Å². The van der Waals surface area contributed by atoms with Crippen molar-refractivity contribution in [1.82, 2.24) is 0 Å². The third kappa shape index (κ3) is 4.54. The Bertz CT molecular complexity index is 158. The normalized spacial score (nSPS) is 18.2. The van der Waals surface area contributed by atoms with Gasteiger partial charge in [0.1, 0.15) is 18.3 Å². The first-order chi connectivity index (χ1) is 5.49. The predicted molar refractivity (Wildman–Crippen MR) is 51.0 cm³/mol. The molecule has 3 atom stereocenters. The molecule has 0 rings (SSSR count). The Kier molecular flexibility index (Phi) is 6.34. The first-order valence-electron chi connectivity index (χ1n) is 3.17. The molecule has 0 amide bonds. The van der Waals surface area contributed by atoms with Crippen LogP contribution in [0.3, 0.4) is 0 Å². The molecule has 12 heavy (non-hydrogen) atoms. The minimum atomic E-state index is -1.39. The summed E-state index contributed by atoms with van der Waals surface area (Å²) in [5.74, 6) is 0. The molecule has 0 radical (unpaired) electrons. The molecule has 72 valence electrons. The number of hydrogen-bond donors (Lipinski definition) is 4. The van der Waals surface area contributed by atoms with E-state index in [1.807, 2.05) is 0 Å². The van der Waals surface area contributed by atoms with Crippen LogP contribution in [0.1, 0.15) is 0 Å². The third-order valence-corrected chi connectivity index (χ3v) is 1.76. The van der Waals surface area contributed by atoms with Crippen molar-refractivity contribution in [2.75, 3.05) is 6.61 Å². The SMILES string of the molecule is OC[C@@H](O)[C@@H](O)[C@@H](O)C=C(Br)Br. The second kappa shape index (κ2) is 6.06. The Labute approximate surface area is 86.8 Å². The summed E-state index contributed by atoms with van der Waals surface area (Å²) in [6, 6.07) is 0. The monoisotopic (exact) mass is 304 g/mol. The number of rotatable bonds is 4. The molecule has 0 spiro atoms. The standard InChI is InChI=1S/C6H10Br2O4/c7-5(8)1-3(10)6(12)4(11)2-9/h1,3-4,6,9-12H,2H2/t3-,4+,6-/m0/s1. The smallest absolute Gasteiger partial charge is 0.112 e. The van der Waals surface area contributed by atoms with Crippen molar-refractivity contribution in [2.45, 2.75) is 18.3 Å². The largest absolute Gasteiger partial charge is 0.394 e. The van der Waals surface area contributed by atoms with E-state index in [9.17, 15) is 0 Å². The van der Waals surface area contributed by atoms with E-state index in [2.05, 4.69) is 31.9 Å². The van der Waals surface area contributed by atoms with Gasteiger partial charge in [0.25, 0.3) is 0 Å². The van der Waals surface area contributed by atoms with Crippen LogP contribution in [0.15, 0.2) is 9.47 Å². The van der Waals surface area contributed by atoms with Gasteiger partial charge in [-0.15, -0.1) is 0 Å². The Hall–Kier alpha value is 0.540. The van der Waals surface area contributed by atoms with E-state index in [4.69, 9.17) is 20.4 Å². The van der Waals surface area contributed by atoms with Gasteiger partial charge in [-0.1, -0.05) is 0 Å². The van der Waals surface area contributed by atoms with Gasteiger partial charge in [-0.3, -0.25) is 0 Å². The van der Waals surface area contributed by atoms with Crippen LogP contribution in [0.25, 0.3) is 0 Å². The average Bonchev–Trinajstić information content (AvgIpc) is 2.00. The Balaban J connectivity index is 4.09. The molecule has 0 unspecified atom stereocenters. The molecular formula is C6H10Br2O4. The van der Waals surface area contributed by atoms with Crippen LogP contribution in [0, 0.1) is 0 Å². The Morgan fingerprint density at radius 2 is 1.75 bits per heavy atom. The van der Waals surface area contributed by atoms with Crippen molar-refractivity contribution in [3.63, 3.8) is 0 Å². The van der Waals surface area contributed by atoms with E-state index in [0.29, 0.717) is 3.39 Å². The summed E-state index contributed by atoms with van der Waals surface area (Å²) in [6.07, 6.45) is -2.69. The summed E-state index contributed by atoms with van der Waals surface area (Å²) in [6.45, 7) is -0.591. The molecule has 0 heterocycles. The van der Waals surface area contributed by atoms with Gasteiger partial charge in [0.2, 0.25) is 0 Å². The topological polar surface area (TPSA) is 80.9 Å². The second-order valence-electron chi connectivity index (χ2n) is 2.19. The van der Waals surface area contributed by atoms with Gasteiger partial charge in [0.05, 0.1) is 10.00 Å². The minimum absolute atomic E-state index is 0.465. The van der Waals surface area contributed by atoms with Gasteiger partial charge in [0.15, 0.2) is 0 Å². The summed E-state index contributed by atoms with van der Waals surface area (Å²) < 4.78 is 0.465. The lowest BCUT2D eigenvalue weighted by Crippen LogP contribution is -2.38. The van der Waals surface area contributed by atoms with Crippen LogP contribution >= 0.6 is 31.9 Å². The third-order valence-electron chi connectivity index (χ3n) is 1.23. The number of aliphatic hydroxyl groups excluding tert-OH is 4. The molecule has 0 aromatic carbocycles. The molecule has 0 saturated carbocycles. The summed E-state index contributed by atoms with van der Waals surface area (Å²) in [7, 11) is 0. The van der Waals surface area contributed by atoms with Gasteiger partial charge in [0, 0.05) is 0 Å². The molecule has 0 aliphatic rings. The first kappa shape index (κ1) is 12.5. The van der Waals surface area contributed by atoms with E-state index in [1.54, 1.807) is 0 Å². The number of halogens is 2. The van der Waals surface area contributed by atoms with E-state index in [-0.39, 0.29) is 0 Å². The van der Waals surface area contributed by atoms with Crippen LogP contribution in [0.5, 0.6) is 0 Å². The highest BCUT2D eigenvalue weighted by Gasteiger charge is 2.22. The van der Waals surface area contributed by atoms with Gasteiger partial charge in [-0.05, 0) is 37.9 Å². The van der Waals surface area contributed by atoms with Crippen molar-refractivity contribution in [3.8, 4) is 0 Å². The molecular weight excluding hydrogens is 296 g/mol. The molecule has 0 aromatic heterocycles. The van der Waals surface area contributed by atoms with Crippen molar-refractivity contribution in [2.24, 2.45) is 0 Å². The molecule has 0 bridgehead atoms. The zero-order valence-electron chi connectivity index (χ0n) is 6.06. The minimum Gasteiger partial charge on any atom is -0.394 e. The van der Waals surface area contributed by atoms with E-state index in [0.717, 1.165) is 0 Å². The maximum absolute atomic E-state index is 9.13. The first-order valence-corrected chi connectivity index (χ1v) is 4.75. The van der Waals surface area contributed by atoms with Crippen LogP contribution in [-0.2, 0) is 0 Å². The fourth-order valence-corrected chi connectivity index (χ4v) is 1.10. The van der Waals surface area contributed by atoms with E-state index in [1.165, 1.54) is 6.08 Å². The zero-order valence-corrected chi connectivity index (χ0v) is 9.23. The lowest BCUT2D eigenvalue weighted by molar-refractivity contribution is -0.0610. The van der Waals surface area contributed by atoms with Crippen molar-refractivity contribution < 1.29 is 20.4 Å². The van der Waals surface area contributed by atoms with Crippen molar-refractivity contribution >= 4 is 31.9 Å². The van der Waals surface area contributed by atoms with Gasteiger partial charge in [-0.2, -0.15) is 0 Å². The van der Waals surface area contributed by atoms with Crippen LogP contribution in [0.2, 0.25) is 0 Å². The van der Waals surface area contributed by atoms with Crippen molar-refractivity contribution in [1.29, 1.82) is 0 Å². The summed E-state index contributed by atoms with van der Waals surface area (Å²) >= 11 is 5.95. The van der Waals surface area contributed by atoms with E-state index >= 15 is 0 Å². The van der Waals surface area contributed by atoms with Gasteiger partial charge < -0.3 is 20.4 Å². The summed E-state index contributed by atoms with van der Waals surface area (Å²) in [5, 5.41) is 35.5. The molecule has 0 aliphatic carbocycles. The summed E-state index contributed by atoms with van der Waals surface area (Å²) in [4.78, 5) is 0. The molecule has 4 nitrogen and oxygen atoms in total. The predicted octanol–water partition coefficient (Wildman–Crippen LogP) is -0.307. The maximum Gasteiger partial charge on any atom is 0.112 e.